The summed E-state index contributed by atoms with van der Waals surface area (Å²) >= 11 is 1.50. The maximum atomic E-state index is 12.5. The lowest BCUT2D eigenvalue weighted by molar-refractivity contribution is 0.169. The van der Waals surface area contributed by atoms with Crippen LogP contribution in [0.1, 0.15) is 30.6 Å². The summed E-state index contributed by atoms with van der Waals surface area (Å²) < 4.78 is 32.9. The fraction of sp³-hybridized carbons (Fsp3) is 0.375. The number of aliphatic hydroxyl groups excluding tert-OH is 1. The van der Waals surface area contributed by atoms with Gasteiger partial charge in [-0.1, -0.05) is 6.07 Å². The molecule has 0 aliphatic carbocycles. The molecule has 0 spiro atoms. The quantitative estimate of drug-likeness (QED) is 0.763. The van der Waals surface area contributed by atoms with E-state index in [4.69, 9.17) is 4.74 Å². The zero-order valence-corrected chi connectivity index (χ0v) is 14.8. The van der Waals surface area contributed by atoms with Crippen LogP contribution in [0.25, 0.3) is 0 Å². The van der Waals surface area contributed by atoms with E-state index >= 15 is 0 Å². The minimum atomic E-state index is -3.68. The third-order valence-electron chi connectivity index (χ3n) is 3.33. The number of aryl methyl sites for hydroxylation is 1. The van der Waals surface area contributed by atoms with E-state index in [1.165, 1.54) is 11.3 Å². The van der Waals surface area contributed by atoms with Crippen LogP contribution in [0.15, 0.2) is 39.9 Å². The van der Waals surface area contributed by atoms with Gasteiger partial charge in [0, 0.05) is 6.54 Å². The molecule has 5 nitrogen and oxygen atoms in total. The second kappa shape index (κ2) is 7.92. The average Bonchev–Trinajstić information content (AvgIpc) is 3.03. The van der Waals surface area contributed by atoms with Crippen LogP contribution in [0.3, 0.4) is 0 Å². The Hall–Kier alpha value is -1.41. The van der Waals surface area contributed by atoms with E-state index in [-0.39, 0.29) is 11.4 Å². The summed E-state index contributed by atoms with van der Waals surface area (Å²) in [5.74, 6) is 0.337. The molecular weight excluding hydrogens is 334 g/mol. The number of sulfonamides is 1. The number of benzene rings is 1. The Morgan fingerprint density at radius 2 is 2.13 bits per heavy atom. The van der Waals surface area contributed by atoms with Gasteiger partial charge in [-0.15, -0.1) is 0 Å². The van der Waals surface area contributed by atoms with Gasteiger partial charge in [0.15, 0.2) is 0 Å². The first-order valence-corrected chi connectivity index (χ1v) is 9.80. The lowest BCUT2D eigenvalue weighted by Crippen LogP contribution is -2.26. The normalized spacial score (nSPS) is 13.0. The Balaban J connectivity index is 2.05. The molecule has 0 saturated heterocycles. The van der Waals surface area contributed by atoms with E-state index in [0.717, 1.165) is 11.1 Å². The number of ether oxygens (including phenoxy) is 1. The van der Waals surface area contributed by atoms with Gasteiger partial charge >= 0.3 is 0 Å². The molecule has 126 valence electrons. The smallest absolute Gasteiger partial charge is 0.244 e. The van der Waals surface area contributed by atoms with Crippen LogP contribution in [0.4, 0.5) is 0 Å². The van der Waals surface area contributed by atoms with Crippen molar-refractivity contribution < 1.29 is 18.3 Å². The number of aliphatic hydroxyl groups is 1. The standard InChI is InChI=1S/C16H21NO4S2/c1-3-21-15-5-4-12(2)10-16(15)23(19,20)17-8-6-14(18)13-7-9-22-11-13/h4-5,7,9-11,14,17-18H,3,6,8H2,1-2H3. The van der Waals surface area contributed by atoms with E-state index in [1.807, 2.05) is 29.8 Å². The van der Waals surface area contributed by atoms with Crippen LogP contribution in [0.5, 0.6) is 5.75 Å². The van der Waals surface area contributed by atoms with Gasteiger partial charge in [0.25, 0.3) is 0 Å². The van der Waals surface area contributed by atoms with Crippen LogP contribution in [-0.2, 0) is 10.0 Å². The molecule has 1 heterocycles. The Morgan fingerprint density at radius 3 is 2.78 bits per heavy atom. The number of hydrogen-bond acceptors (Lipinski definition) is 5. The average molecular weight is 355 g/mol. The largest absolute Gasteiger partial charge is 0.492 e. The Kier molecular flexibility index (Phi) is 6.17. The number of thiophene rings is 1. The van der Waals surface area contributed by atoms with Crippen LogP contribution in [-0.4, -0.2) is 26.7 Å². The number of rotatable bonds is 8. The summed E-state index contributed by atoms with van der Waals surface area (Å²) in [5.41, 5.74) is 1.65. The molecule has 1 atom stereocenters. The van der Waals surface area contributed by atoms with Crippen molar-refractivity contribution >= 4 is 21.4 Å². The highest BCUT2D eigenvalue weighted by Crippen LogP contribution is 2.25. The lowest BCUT2D eigenvalue weighted by Gasteiger charge is -2.14. The second-order valence-corrected chi connectivity index (χ2v) is 7.66. The van der Waals surface area contributed by atoms with Crippen molar-refractivity contribution in [2.45, 2.75) is 31.3 Å². The summed E-state index contributed by atoms with van der Waals surface area (Å²) in [4.78, 5) is 0.129. The van der Waals surface area contributed by atoms with Gasteiger partial charge in [-0.3, -0.25) is 0 Å². The maximum Gasteiger partial charge on any atom is 0.244 e. The summed E-state index contributed by atoms with van der Waals surface area (Å²) in [6.07, 6.45) is -0.362. The second-order valence-electron chi connectivity index (χ2n) is 5.14. The molecule has 0 fully saturated rings. The fourth-order valence-electron chi connectivity index (χ4n) is 2.14. The molecule has 1 aromatic heterocycles. The maximum absolute atomic E-state index is 12.5. The van der Waals surface area contributed by atoms with Crippen LogP contribution < -0.4 is 9.46 Å². The molecular formula is C16H21NO4S2. The van der Waals surface area contributed by atoms with Gasteiger partial charge in [-0.2, -0.15) is 11.3 Å². The van der Waals surface area contributed by atoms with E-state index in [2.05, 4.69) is 4.72 Å². The molecule has 2 aromatic rings. The third-order valence-corrected chi connectivity index (χ3v) is 5.51. The summed E-state index contributed by atoms with van der Waals surface area (Å²) in [6, 6.07) is 6.89. The topological polar surface area (TPSA) is 75.6 Å². The fourth-order valence-corrected chi connectivity index (χ4v) is 4.12. The van der Waals surface area contributed by atoms with E-state index in [0.29, 0.717) is 18.8 Å². The molecule has 0 bridgehead atoms. The predicted octanol–water partition coefficient (Wildman–Crippen LogP) is 2.86. The van der Waals surface area contributed by atoms with E-state index < -0.39 is 16.1 Å². The first-order chi connectivity index (χ1) is 10.9. The van der Waals surface area contributed by atoms with Gasteiger partial charge in [0.05, 0.1) is 12.7 Å². The zero-order chi connectivity index (χ0) is 16.9. The Labute approximate surface area is 141 Å². The highest BCUT2D eigenvalue weighted by molar-refractivity contribution is 7.89. The highest BCUT2D eigenvalue weighted by atomic mass is 32.2. The van der Waals surface area contributed by atoms with Crippen molar-refractivity contribution in [1.29, 1.82) is 0 Å². The molecule has 0 saturated carbocycles. The van der Waals surface area contributed by atoms with E-state index in [9.17, 15) is 13.5 Å². The van der Waals surface area contributed by atoms with Crippen molar-refractivity contribution in [3.63, 3.8) is 0 Å². The van der Waals surface area contributed by atoms with Crippen molar-refractivity contribution in [1.82, 2.24) is 4.72 Å². The molecule has 1 aromatic carbocycles. The molecule has 0 amide bonds. The Bertz CT molecular complexity index is 727. The van der Waals surface area contributed by atoms with Crippen LogP contribution >= 0.6 is 11.3 Å². The minimum absolute atomic E-state index is 0.129. The third kappa shape index (κ3) is 4.78. The molecule has 0 aliphatic heterocycles. The van der Waals surface area contributed by atoms with E-state index in [1.54, 1.807) is 19.1 Å². The van der Waals surface area contributed by atoms with Gasteiger partial charge in [0.2, 0.25) is 10.0 Å². The van der Waals surface area contributed by atoms with Crippen LogP contribution in [0, 0.1) is 6.92 Å². The highest BCUT2D eigenvalue weighted by Gasteiger charge is 2.20. The summed E-state index contributed by atoms with van der Waals surface area (Å²) in [7, 11) is -3.68. The van der Waals surface area contributed by atoms with Gasteiger partial charge < -0.3 is 9.84 Å². The molecule has 7 heteroatoms. The Morgan fingerprint density at radius 1 is 1.35 bits per heavy atom. The minimum Gasteiger partial charge on any atom is -0.492 e. The molecule has 2 rings (SSSR count). The predicted molar refractivity (Wildman–Crippen MR) is 91.4 cm³/mol. The van der Waals surface area contributed by atoms with Crippen molar-refractivity contribution in [2.75, 3.05) is 13.2 Å². The van der Waals surface area contributed by atoms with Crippen molar-refractivity contribution in [2.24, 2.45) is 0 Å². The lowest BCUT2D eigenvalue weighted by atomic mass is 10.1. The molecule has 0 radical (unpaired) electrons. The monoisotopic (exact) mass is 355 g/mol. The molecule has 0 aliphatic rings. The summed E-state index contributed by atoms with van der Waals surface area (Å²) in [5, 5.41) is 13.7. The molecule has 23 heavy (non-hydrogen) atoms. The van der Waals surface area contributed by atoms with Gasteiger partial charge in [-0.05, 0) is 60.4 Å². The first-order valence-electron chi connectivity index (χ1n) is 7.37. The molecule has 1 unspecified atom stereocenters. The SMILES string of the molecule is CCOc1ccc(C)cc1S(=O)(=O)NCCC(O)c1ccsc1. The van der Waals surface area contributed by atoms with Crippen LogP contribution in [0.2, 0.25) is 0 Å². The van der Waals surface area contributed by atoms with Gasteiger partial charge in [-0.25, -0.2) is 13.1 Å². The number of nitrogens with one attached hydrogen (secondary N) is 1. The zero-order valence-electron chi connectivity index (χ0n) is 13.2. The molecule has 2 N–H and O–H groups in total. The van der Waals surface area contributed by atoms with Gasteiger partial charge in [0.1, 0.15) is 10.6 Å². The van der Waals surface area contributed by atoms with Crippen molar-refractivity contribution in [3.05, 3.63) is 46.2 Å². The van der Waals surface area contributed by atoms with Crippen molar-refractivity contribution in [3.8, 4) is 5.75 Å². The first kappa shape index (κ1) is 17.9. The number of hydrogen-bond donors (Lipinski definition) is 2. The summed E-state index contributed by atoms with van der Waals surface area (Å²) in [6.45, 7) is 4.18.